The molecule has 0 aromatic heterocycles. The Morgan fingerprint density at radius 3 is 2.16 bits per heavy atom. The maximum atomic E-state index is 13.3. The molecule has 1 heterocycles. The van der Waals surface area contributed by atoms with Crippen LogP contribution in [0.3, 0.4) is 0 Å². The van der Waals surface area contributed by atoms with Gasteiger partial charge in [-0.05, 0) is 24.5 Å². The summed E-state index contributed by atoms with van der Waals surface area (Å²) in [4.78, 5) is 0.168. The SMILES string of the molecule is C=CC1CN(S(=O)(=O)c2ccc(C)cc2)[C@@H](C(C)(C)C)C1(C#N)C#N. The summed E-state index contributed by atoms with van der Waals surface area (Å²) < 4.78 is 27.8. The molecule has 0 saturated carbocycles. The van der Waals surface area contributed by atoms with E-state index < -0.39 is 32.8 Å². The third-order valence-electron chi connectivity index (χ3n) is 4.78. The van der Waals surface area contributed by atoms with Gasteiger partial charge in [-0.25, -0.2) is 8.42 Å². The largest absolute Gasteiger partial charge is 0.243 e. The molecule has 1 fully saturated rings. The lowest BCUT2D eigenvalue weighted by Gasteiger charge is -2.39. The standard InChI is InChI=1S/C19H23N3O2S/c1-6-15-11-22(17(18(3,4)5)19(15,12-20)13-21)25(23,24)16-9-7-14(2)8-10-16/h6-10,15,17H,1,11H2,2-5H3/t15?,17-/m0/s1. The van der Waals surface area contributed by atoms with E-state index in [4.69, 9.17) is 0 Å². The zero-order chi connectivity index (χ0) is 19.0. The molecule has 0 radical (unpaired) electrons. The number of rotatable bonds is 3. The zero-order valence-corrected chi connectivity index (χ0v) is 15.8. The van der Waals surface area contributed by atoms with E-state index in [0.29, 0.717) is 0 Å². The topological polar surface area (TPSA) is 85.0 Å². The van der Waals surface area contributed by atoms with Gasteiger partial charge in [0.15, 0.2) is 5.41 Å². The lowest BCUT2D eigenvalue weighted by molar-refractivity contribution is 0.161. The smallest absolute Gasteiger partial charge is 0.207 e. The number of aryl methyl sites for hydroxylation is 1. The third kappa shape index (κ3) is 2.97. The average Bonchev–Trinajstić information content (AvgIpc) is 2.91. The van der Waals surface area contributed by atoms with Crippen molar-refractivity contribution in [2.24, 2.45) is 16.7 Å². The van der Waals surface area contributed by atoms with Crippen LogP contribution in [0.4, 0.5) is 0 Å². The first-order valence-electron chi connectivity index (χ1n) is 8.08. The highest BCUT2D eigenvalue weighted by atomic mass is 32.2. The van der Waals surface area contributed by atoms with Crippen LogP contribution in [0.25, 0.3) is 0 Å². The molecule has 0 bridgehead atoms. The van der Waals surface area contributed by atoms with Gasteiger partial charge in [-0.2, -0.15) is 14.8 Å². The normalized spacial score (nSPS) is 23.6. The van der Waals surface area contributed by atoms with Gasteiger partial charge in [0.1, 0.15) is 0 Å². The van der Waals surface area contributed by atoms with Crippen LogP contribution in [-0.4, -0.2) is 25.3 Å². The molecule has 1 aliphatic heterocycles. The van der Waals surface area contributed by atoms with Gasteiger partial charge in [0, 0.05) is 12.5 Å². The number of sulfonamides is 1. The summed E-state index contributed by atoms with van der Waals surface area (Å²) in [6, 6.07) is 10.0. The quantitative estimate of drug-likeness (QED) is 0.777. The molecule has 1 saturated heterocycles. The fraction of sp³-hybridized carbons (Fsp3) is 0.474. The Kier molecular flexibility index (Phi) is 4.83. The van der Waals surface area contributed by atoms with E-state index in [9.17, 15) is 18.9 Å². The summed E-state index contributed by atoms with van der Waals surface area (Å²) in [6.07, 6.45) is 1.52. The molecule has 1 unspecified atom stereocenters. The molecular formula is C19H23N3O2S. The number of hydrogen-bond acceptors (Lipinski definition) is 4. The second-order valence-electron chi connectivity index (χ2n) is 7.59. The van der Waals surface area contributed by atoms with E-state index in [1.807, 2.05) is 27.7 Å². The molecule has 2 atom stereocenters. The summed E-state index contributed by atoms with van der Waals surface area (Å²) in [7, 11) is -3.84. The maximum absolute atomic E-state index is 13.3. The number of nitriles is 2. The molecule has 0 N–H and O–H groups in total. The van der Waals surface area contributed by atoms with Crippen LogP contribution in [0.5, 0.6) is 0 Å². The number of benzene rings is 1. The molecule has 1 aliphatic rings. The molecule has 25 heavy (non-hydrogen) atoms. The fourth-order valence-corrected chi connectivity index (χ4v) is 5.51. The maximum Gasteiger partial charge on any atom is 0.243 e. The van der Waals surface area contributed by atoms with Crippen molar-refractivity contribution in [2.45, 2.75) is 38.6 Å². The summed E-state index contributed by atoms with van der Waals surface area (Å²) >= 11 is 0. The predicted octanol–water partition coefficient (Wildman–Crippen LogP) is 3.25. The second-order valence-corrected chi connectivity index (χ2v) is 9.48. The molecule has 1 aromatic rings. The monoisotopic (exact) mass is 357 g/mol. The first kappa shape index (κ1) is 19.2. The van der Waals surface area contributed by atoms with Gasteiger partial charge >= 0.3 is 0 Å². The van der Waals surface area contributed by atoms with Gasteiger partial charge in [-0.3, -0.25) is 0 Å². The van der Waals surface area contributed by atoms with Crippen LogP contribution in [0.2, 0.25) is 0 Å². The summed E-state index contributed by atoms with van der Waals surface area (Å²) in [5.41, 5.74) is -1.10. The van der Waals surface area contributed by atoms with E-state index in [1.54, 1.807) is 24.3 Å². The lowest BCUT2D eigenvalue weighted by Crippen LogP contribution is -2.50. The van der Waals surface area contributed by atoms with Gasteiger partial charge in [-0.1, -0.05) is 44.5 Å². The van der Waals surface area contributed by atoms with E-state index in [1.165, 1.54) is 10.4 Å². The Morgan fingerprint density at radius 2 is 1.76 bits per heavy atom. The van der Waals surface area contributed by atoms with Crippen LogP contribution in [0.15, 0.2) is 41.8 Å². The summed E-state index contributed by atoms with van der Waals surface area (Å²) in [6.45, 7) is 11.2. The van der Waals surface area contributed by atoms with Crippen molar-refractivity contribution in [1.82, 2.24) is 4.31 Å². The van der Waals surface area contributed by atoms with Crippen molar-refractivity contribution in [3.8, 4) is 12.1 Å². The summed E-state index contributed by atoms with van der Waals surface area (Å²) in [5.74, 6) is -0.549. The Morgan fingerprint density at radius 1 is 1.24 bits per heavy atom. The van der Waals surface area contributed by atoms with E-state index in [-0.39, 0.29) is 11.4 Å². The fourth-order valence-electron chi connectivity index (χ4n) is 3.64. The van der Waals surface area contributed by atoms with Gasteiger partial charge < -0.3 is 0 Å². The van der Waals surface area contributed by atoms with Crippen molar-refractivity contribution < 1.29 is 8.42 Å². The highest BCUT2D eigenvalue weighted by Crippen LogP contribution is 2.50. The first-order valence-corrected chi connectivity index (χ1v) is 9.52. The van der Waals surface area contributed by atoms with E-state index in [0.717, 1.165) is 5.56 Å². The third-order valence-corrected chi connectivity index (χ3v) is 6.63. The van der Waals surface area contributed by atoms with Crippen molar-refractivity contribution in [3.63, 3.8) is 0 Å². The predicted molar refractivity (Wildman–Crippen MR) is 95.7 cm³/mol. The van der Waals surface area contributed by atoms with Crippen LogP contribution in [0.1, 0.15) is 26.3 Å². The number of hydrogen-bond donors (Lipinski definition) is 0. The van der Waals surface area contributed by atoms with Crippen molar-refractivity contribution in [1.29, 1.82) is 10.5 Å². The van der Waals surface area contributed by atoms with Gasteiger partial charge in [-0.15, -0.1) is 6.58 Å². The van der Waals surface area contributed by atoms with Crippen LogP contribution >= 0.6 is 0 Å². The number of nitrogens with zero attached hydrogens (tertiary/aromatic N) is 3. The molecule has 2 rings (SSSR count). The minimum Gasteiger partial charge on any atom is -0.207 e. The second kappa shape index (κ2) is 6.29. The highest BCUT2D eigenvalue weighted by Gasteiger charge is 2.61. The molecule has 5 nitrogen and oxygen atoms in total. The molecule has 132 valence electrons. The Bertz CT molecular complexity index is 838. The molecule has 1 aromatic carbocycles. The van der Waals surface area contributed by atoms with Crippen LogP contribution < -0.4 is 0 Å². The van der Waals surface area contributed by atoms with Crippen molar-refractivity contribution in [2.75, 3.05) is 6.54 Å². The van der Waals surface area contributed by atoms with Gasteiger partial charge in [0.05, 0.1) is 23.1 Å². The van der Waals surface area contributed by atoms with Crippen LogP contribution in [0, 0.1) is 46.3 Å². The molecular weight excluding hydrogens is 334 g/mol. The minimum atomic E-state index is -3.84. The average molecular weight is 357 g/mol. The Labute approximate surface area is 150 Å². The van der Waals surface area contributed by atoms with Crippen LogP contribution in [-0.2, 0) is 10.0 Å². The molecule has 0 aliphatic carbocycles. The van der Waals surface area contributed by atoms with Gasteiger partial charge in [0.2, 0.25) is 10.0 Å². The van der Waals surface area contributed by atoms with Crippen molar-refractivity contribution >= 4 is 10.0 Å². The summed E-state index contributed by atoms with van der Waals surface area (Å²) in [5, 5.41) is 19.6. The Hall–Kier alpha value is -2.15. The first-order chi connectivity index (χ1) is 11.5. The van der Waals surface area contributed by atoms with Crippen molar-refractivity contribution in [3.05, 3.63) is 42.5 Å². The molecule has 0 amide bonds. The minimum absolute atomic E-state index is 0.0722. The lowest BCUT2D eigenvalue weighted by atomic mass is 9.67. The molecule has 0 spiro atoms. The Balaban J connectivity index is 2.68. The highest BCUT2D eigenvalue weighted by molar-refractivity contribution is 7.89. The zero-order valence-electron chi connectivity index (χ0n) is 15.0. The van der Waals surface area contributed by atoms with Gasteiger partial charge in [0.25, 0.3) is 0 Å². The van der Waals surface area contributed by atoms with E-state index >= 15 is 0 Å². The van der Waals surface area contributed by atoms with E-state index in [2.05, 4.69) is 18.7 Å². The molecule has 6 heteroatoms.